The van der Waals surface area contributed by atoms with Gasteiger partial charge in [0.15, 0.2) is 11.6 Å². The Morgan fingerprint density at radius 3 is 2.97 bits per heavy atom. The lowest BCUT2D eigenvalue weighted by molar-refractivity contribution is 0.254. The van der Waals surface area contributed by atoms with Gasteiger partial charge in [0.05, 0.1) is 29.8 Å². The molecule has 0 aliphatic carbocycles. The number of halogens is 1. The first-order valence-corrected chi connectivity index (χ1v) is 9.35. The van der Waals surface area contributed by atoms with Crippen LogP contribution in [0.15, 0.2) is 42.9 Å². The molecule has 0 aromatic carbocycles. The molecule has 1 fully saturated rings. The Labute approximate surface area is 166 Å². The molecule has 8 nitrogen and oxygen atoms in total. The summed E-state index contributed by atoms with van der Waals surface area (Å²) in [7, 11) is 0. The minimum Gasteiger partial charge on any atom is -0.366 e. The molecule has 0 radical (unpaired) electrons. The van der Waals surface area contributed by atoms with Crippen molar-refractivity contribution >= 4 is 23.4 Å². The van der Waals surface area contributed by atoms with E-state index >= 15 is 0 Å². The molecule has 0 saturated carbocycles. The third-order valence-electron chi connectivity index (χ3n) is 5.20. The molecule has 146 valence electrons. The van der Waals surface area contributed by atoms with Gasteiger partial charge in [0.2, 0.25) is 5.95 Å². The number of carbonyl (C=O) groups is 1. The van der Waals surface area contributed by atoms with Crippen molar-refractivity contribution in [2.75, 3.05) is 28.2 Å². The van der Waals surface area contributed by atoms with E-state index < -0.39 is 12.0 Å². The van der Waals surface area contributed by atoms with Gasteiger partial charge in [0.1, 0.15) is 0 Å². The van der Waals surface area contributed by atoms with Gasteiger partial charge in [-0.1, -0.05) is 0 Å². The molecule has 1 atom stereocenters. The molecular formula is C20H18FN7O. The molecule has 29 heavy (non-hydrogen) atoms. The van der Waals surface area contributed by atoms with Gasteiger partial charge in [-0.2, -0.15) is 9.37 Å². The maximum Gasteiger partial charge on any atom is 0.329 e. The Hall–Kier alpha value is -3.62. The van der Waals surface area contributed by atoms with Gasteiger partial charge >= 0.3 is 6.03 Å². The van der Waals surface area contributed by atoms with Crippen LogP contribution in [0.5, 0.6) is 0 Å². The van der Waals surface area contributed by atoms with E-state index in [1.807, 2.05) is 31.2 Å². The van der Waals surface area contributed by atoms with Crippen LogP contribution in [-0.4, -0.2) is 45.1 Å². The molecule has 0 unspecified atom stereocenters. The average molecular weight is 391 g/mol. The van der Waals surface area contributed by atoms with Crippen LogP contribution in [0.1, 0.15) is 12.1 Å². The first-order chi connectivity index (χ1) is 14.1. The molecular weight excluding hydrogens is 373 g/mol. The fourth-order valence-electron chi connectivity index (χ4n) is 3.91. The highest BCUT2D eigenvalue weighted by atomic mass is 19.1. The van der Waals surface area contributed by atoms with Crippen LogP contribution in [0.25, 0.3) is 11.3 Å². The molecule has 2 aliphatic rings. The van der Waals surface area contributed by atoms with Gasteiger partial charge < -0.3 is 4.90 Å². The van der Waals surface area contributed by atoms with E-state index in [2.05, 4.69) is 25.2 Å². The van der Waals surface area contributed by atoms with Gasteiger partial charge in [-0.05, 0) is 37.6 Å². The maximum absolute atomic E-state index is 13.4. The summed E-state index contributed by atoms with van der Waals surface area (Å²) < 4.78 is 13.4. The molecule has 9 heteroatoms. The molecule has 5 heterocycles. The van der Waals surface area contributed by atoms with Gasteiger partial charge in [0, 0.05) is 30.5 Å². The summed E-state index contributed by atoms with van der Waals surface area (Å²) in [6.07, 6.45) is 4.88. The Bertz CT molecular complexity index is 1110. The first-order valence-electron chi connectivity index (χ1n) is 9.35. The Morgan fingerprint density at radius 1 is 1.24 bits per heavy atom. The minimum absolute atomic E-state index is 0.00838. The molecule has 1 N–H and O–H groups in total. The van der Waals surface area contributed by atoms with Crippen molar-refractivity contribution < 1.29 is 9.18 Å². The number of rotatable bonds is 2. The third kappa shape index (κ3) is 3.14. The molecule has 5 rings (SSSR count). The van der Waals surface area contributed by atoms with Crippen LogP contribution in [0.4, 0.5) is 26.5 Å². The number of hydrogen-bond donors (Lipinski definition) is 1. The molecule has 3 aromatic heterocycles. The molecule has 3 aromatic rings. The second-order valence-corrected chi connectivity index (χ2v) is 7.14. The summed E-state index contributed by atoms with van der Waals surface area (Å²) in [5.41, 5.74) is 3.50. The molecule has 1 saturated heterocycles. The summed E-state index contributed by atoms with van der Waals surface area (Å²) >= 11 is 0. The second-order valence-electron chi connectivity index (χ2n) is 7.14. The van der Waals surface area contributed by atoms with Gasteiger partial charge in [-0.3, -0.25) is 20.2 Å². The number of urea groups is 1. The quantitative estimate of drug-likeness (QED) is 0.723. The fraction of sp³-hybridized carbons (Fsp3) is 0.250. The third-order valence-corrected chi connectivity index (χ3v) is 5.20. The van der Waals surface area contributed by atoms with Gasteiger partial charge in [-0.25, -0.2) is 9.78 Å². The zero-order valence-corrected chi connectivity index (χ0v) is 15.7. The van der Waals surface area contributed by atoms with E-state index in [0.29, 0.717) is 5.82 Å². The van der Waals surface area contributed by atoms with Crippen molar-refractivity contribution in [1.82, 2.24) is 19.9 Å². The minimum atomic E-state index is -0.748. The van der Waals surface area contributed by atoms with Gasteiger partial charge in [0.25, 0.3) is 0 Å². The van der Waals surface area contributed by atoms with E-state index in [4.69, 9.17) is 4.98 Å². The second kappa shape index (κ2) is 6.77. The number of aromatic nitrogens is 4. The molecule has 0 spiro atoms. The topological polar surface area (TPSA) is 87.1 Å². The number of anilines is 3. The number of pyridine rings is 2. The molecule has 2 bridgehead atoms. The number of fused-ring (bicyclic) bond motifs is 4. The fourth-order valence-corrected chi connectivity index (χ4v) is 3.91. The van der Waals surface area contributed by atoms with Crippen LogP contribution >= 0.6 is 0 Å². The number of hydrogen-bond acceptors (Lipinski definition) is 6. The lowest BCUT2D eigenvalue weighted by Gasteiger charge is -2.35. The van der Waals surface area contributed by atoms with Crippen molar-refractivity contribution in [2.24, 2.45) is 0 Å². The highest BCUT2D eigenvalue weighted by molar-refractivity contribution is 6.04. The highest BCUT2D eigenvalue weighted by Crippen LogP contribution is 2.40. The van der Waals surface area contributed by atoms with Crippen LogP contribution in [-0.2, 0) is 0 Å². The van der Waals surface area contributed by atoms with Crippen molar-refractivity contribution in [3.63, 3.8) is 0 Å². The Kier molecular flexibility index (Phi) is 4.08. The average Bonchev–Trinajstić information content (AvgIpc) is 3.12. The van der Waals surface area contributed by atoms with E-state index in [1.54, 1.807) is 11.1 Å². The SMILES string of the molecule is Cc1cc(-c2ccc3c(n2)N(C(=O)Nc2cncc(F)n2)[C@H]2CCN3C2)ccn1. The predicted octanol–water partition coefficient (Wildman–Crippen LogP) is 3.01. The van der Waals surface area contributed by atoms with E-state index in [-0.39, 0.29) is 11.9 Å². The van der Waals surface area contributed by atoms with Gasteiger partial charge in [-0.15, -0.1) is 0 Å². The van der Waals surface area contributed by atoms with Crippen LogP contribution < -0.4 is 15.1 Å². The largest absolute Gasteiger partial charge is 0.366 e. The zero-order chi connectivity index (χ0) is 20.0. The number of amides is 2. The lowest BCUT2D eigenvalue weighted by atomic mass is 10.1. The maximum atomic E-state index is 13.4. The summed E-state index contributed by atoms with van der Waals surface area (Å²) in [4.78, 5) is 33.4. The normalized spacial score (nSPS) is 17.2. The standard InChI is InChI=1S/C20H18FN7O/c1-12-8-13(4-6-23-12)15-2-3-16-19(24-15)28(14-5-7-27(16)11-14)20(29)26-18-10-22-9-17(21)25-18/h2-4,6,8-10,14H,5,7,11H2,1H3,(H,25,26,29)/t14-/m0/s1. The van der Waals surface area contributed by atoms with E-state index in [0.717, 1.165) is 48.3 Å². The summed E-state index contributed by atoms with van der Waals surface area (Å²) in [6, 6.07) is 7.41. The summed E-state index contributed by atoms with van der Waals surface area (Å²) in [5.74, 6) is -0.0900. The summed E-state index contributed by atoms with van der Waals surface area (Å²) in [5, 5.41) is 2.65. The lowest BCUT2D eigenvalue weighted by Crippen LogP contribution is -2.48. The monoisotopic (exact) mass is 391 g/mol. The Morgan fingerprint density at radius 2 is 2.14 bits per heavy atom. The van der Waals surface area contributed by atoms with Crippen molar-refractivity contribution in [3.8, 4) is 11.3 Å². The van der Waals surface area contributed by atoms with Crippen LogP contribution in [0.2, 0.25) is 0 Å². The Balaban J connectivity index is 1.53. The van der Waals surface area contributed by atoms with Crippen molar-refractivity contribution in [1.29, 1.82) is 0 Å². The highest BCUT2D eigenvalue weighted by Gasteiger charge is 2.40. The van der Waals surface area contributed by atoms with Crippen LogP contribution in [0.3, 0.4) is 0 Å². The number of carbonyl (C=O) groups excluding carboxylic acids is 1. The molecule has 2 aliphatic heterocycles. The number of nitrogens with zero attached hydrogens (tertiary/aromatic N) is 6. The van der Waals surface area contributed by atoms with E-state index in [9.17, 15) is 9.18 Å². The van der Waals surface area contributed by atoms with Crippen molar-refractivity contribution in [2.45, 2.75) is 19.4 Å². The number of nitrogens with one attached hydrogen (secondary N) is 1. The zero-order valence-electron chi connectivity index (χ0n) is 15.7. The smallest absolute Gasteiger partial charge is 0.329 e. The van der Waals surface area contributed by atoms with Crippen LogP contribution in [0, 0.1) is 12.9 Å². The predicted molar refractivity (Wildman–Crippen MR) is 106 cm³/mol. The van der Waals surface area contributed by atoms with Crippen molar-refractivity contribution in [3.05, 3.63) is 54.5 Å². The number of aryl methyl sites for hydroxylation is 1. The summed E-state index contributed by atoms with van der Waals surface area (Å²) in [6.45, 7) is 3.52. The molecule has 2 amide bonds. The first kappa shape index (κ1) is 17.5. The van der Waals surface area contributed by atoms with E-state index in [1.165, 1.54) is 6.20 Å².